The summed E-state index contributed by atoms with van der Waals surface area (Å²) < 4.78 is 0. The number of carbonyl (C=O) groups is 1. The van der Waals surface area contributed by atoms with Crippen LogP contribution in [-0.4, -0.2) is 11.0 Å². The zero-order valence-corrected chi connectivity index (χ0v) is 11.1. The molecule has 98 valence electrons. The smallest absolute Gasteiger partial charge is 0.255 e. The molecule has 0 fully saturated rings. The van der Waals surface area contributed by atoms with E-state index in [4.69, 9.17) is 0 Å². The predicted octanol–water partition coefficient (Wildman–Crippen LogP) is 3.77. The lowest BCUT2D eigenvalue weighted by Gasteiger charge is -2.08. The van der Waals surface area contributed by atoms with Crippen LogP contribution in [0.4, 0.5) is 5.69 Å². The lowest BCUT2D eigenvalue weighted by atomic mass is 10.0. The highest BCUT2D eigenvalue weighted by Gasteiger charge is 2.06. The van der Waals surface area contributed by atoms with Crippen molar-refractivity contribution in [2.75, 3.05) is 5.32 Å². The first kappa shape index (κ1) is 13.1. The van der Waals surface area contributed by atoms with Crippen LogP contribution in [0.2, 0.25) is 0 Å². The number of carbonyl (C=O) groups excluding carboxylic acids is 1. The van der Waals surface area contributed by atoms with E-state index in [0.717, 1.165) is 5.69 Å². The molecule has 0 saturated carbocycles. The van der Waals surface area contributed by atoms with Crippen LogP contribution in [0.1, 0.15) is 35.7 Å². The third-order valence-corrected chi connectivity index (χ3v) is 2.96. The zero-order valence-electron chi connectivity index (χ0n) is 11.1. The standard InChI is InChI=1S/C16H17NO2/c1-11(2)12-3-7-14(8-4-12)17-16(19)13-5-9-15(18)10-6-13/h3-11,18H,1-2H3,(H,17,19). The molecule has 2 rings (SSSR count). The van der Waals surface area contributed by atoms with Gasteiger partial charge in [-0.05, 0) is 47.9 Å². The summed E-state index contributed by atoms with van der Waals surface area (Å²) >= 11 is 0. The van der Waals surface area contributed by atoms with Crippen molar-refractivity contribution in [2.24, 2.45) is 0 Å². The second kappa shape index (κ2) is 5.57. The minimum atomic E-state index is -0.183. The van der Waals surface area contributed by atoms with Crippen molar-refractivity contribution in [3.05, 3.63) is 59.7 Å². The lowest BCUT2D eigenvalue weighted by molar-refractivity contribution is 0.102. The number of phenols is 1. The van der Waals surface area contributed by atoms with Gasteiger partial charge in [-0.15, -0.1) is 0 Å². The third-order valence-electron chi connectivity index (χ3n) is 2.96. The number of benzene rings is 2. The molecule has 19 heavy (non-hydrogen) atoms. The monoisotopic (exact) mass is 255 g/mol. The van der Waals surface area contributed by atoms with Crippen LogP contribution >= 0.6 is 0 Å². The van der Waals surface area contributed by atoms with Crippen LogP contribution in [0.25, 0.3) is 0 Å². The summed E-state index contributed by atoms with van der Waals surface area (Å²) in [5.74, 6) is 0.442. The molecule has 0 saturated heterocycles. The minimum Gasteiger partial charge on any atom is -0.508 e. The molecule has 0 aromatic heterocycles. The van der Waals surface area contributed by atoms with Crippen molar-refractivity contribution in [1.29, 1.82) is 0 Å². The van der Waals surface area contributed by atoms with Crippen molar-refractivity contribution in [2.45, 2.75) is 19.8 Å². The molecule has 2 aromatic carbocycles. The quantitative estimate of drug-likeness (QED) is 0.877. The van der Waals surface area contributed by atoms with Gasteiger partial charge >= 0.3 is 0 Å². The van der Waals surface area contributed by atoms with Gasteiger partial charge in [0.2, 0.25) is 0 Å². The van der Waals surface area contributed by atoms with E-state index >= 15 is 0 Å². The van der Waals surface area contributed by atoms with Gasteiger partial charge in [0.25, 0.3) is 5.91 Å². The number of phenolic OH excluding ortho intramolecular Hbond substituents is 1. The average Bonchev–Trinajstić information content (AvgIpc) is 2.40. The topological polar surface area (TPSA) is 49.3 Å². The molecule has 3 nitrogen and oxygen atoms in total. The number of rotatable bonds is 3. The van der Waals surface area contributed by atoms with E-state index in [2.05, 4.69) is 19.2 Å². The van der Waals surface area contributed by atoms with Crippen LogP contribution in [-0.2, 0) is 0 Å². The second-order valence-electron chi connectivity index (χ2n) is 4.78. The molecule has 2 aromatic rings. The Balaban J connectivity index is 2.08. The van der Waals surface area contributed by atoms with Gasteiger partial charge in [-0.1, -0.05) is 26.0 Å². The Kier molecular flexibility index (Phi) is 3.85. The number of hydrogen-bond donors (Lipinski definition) is 2. The van der Waals surface area contributed by atoms with Crippen LogP contribution in [0.3, 0.4) is 0 Å². The van der Waals surface area contributed by atoms with Crippen molar-refractivity contribution in [3.63, 3.8) is 0 Å². The van der Waals surface area contributed by atoms with Crippen molar-refractivity contribution in [1.82, 2.24) is 0 Å². The van der Waals surface area contributed by atoms with Crippen LogP contribution in [0, 0.1) is 0 Å². The molecule has 0 heterocycles. The van der Waals surface area contributed by atoms with Gasteiger partial charge in [-0.3, -0.25) is 4.79 Å². The summed E-state index contributed by atoms with van der Waals surface area (Å²) in [6, 6.07) is 14.0. The molecule has 0 aliphatic heterocycles. The first-order chi connectivity index (χ1) is 9.06. The number of anilines is 1. The molecule has 0 aliphatic carbocycles. The molecule has 0 aliphatic rings. The molecule has 0 spiro atoms. The fourth-order valence-electron chi connectivity index (χ4n) is 1.77. The highest BCUT2D eigenvalue weighted by molar-refractivity contribution is 6.04. The van der Waals surface area contributed by atoms with E-state index in [0.29, 0.717) is 11.5 Å². The molecule has 0 atom stereocenters. The molecule has 3 heteroatoms. The first-order valence-electron chi connectivity index (χ1n) is 6.26. The van der Waals surface area contributed by atoms with Crippen molar-refractivity contribution < 1.29 is 9.90 Å². The van der Waals surface area contributed by atoms with E-state index in [1.165, 1.54) is 17.7 Å². The summed E-state index contributed by atoms with van der Waals surface area (Å²) in [5.41, 5.74) is 2.52. The molecule has 1 amide bonds. The minimum absolute atomic E-state index is 0.151. The van der Waals surface area contributed by atoms with Crippen molar-refractivity contribution in [3.8, 4) is 5.75 Å². The van der Waals surface area contributed by atoms with Gasteiger partial charge in [0, 0.05) is 11.3 Å². The van der Waals surface area contributed by atoms with E-state index in [1.807, 2.05) is 24.3 Å². The first-order valence-corrected chi connectivity index (χ1v) is 6.26. The van der Waals surface area contributed by atoms with Gasteiger partial charge in [0.15, 0.2) is 0 Å². The Morgan fingerprint density at radius 3 is 2.11 bits per heavy atom. The number of aromatic hydroxyl groups is 1. The Hall–Kier alpha value is -2.29. The van der Waals surface area contributed by atoms with Gasteiger partial charge < -0.3 is 10.4 Å². The highest BCUT2D eigenvalue weighted by atomic mass is 16.3. The predicted molar refractivity (Wildman–Crippen MR) is 76.6 cm³/mol. The average molecular weight is 255 g/mol. The molecule has 0 unspecified atom stereocenters. The maximum atomic E-state index is 12.0. The Bertz CT molecular complexity index is 556. The van der Waals surface area contributed by atoms with Crippen molar-refractivity contribution >= 4 is 11.6 Å². The highest BCUT2D eigenvalue weighted by Crippen LogP contribution is 2.18. The van der Waals surface area contributed by atoms with Gasteiger partial charge in [0.1, 0.15) is 5.75 Å². The fourth-order valence-corrected chi connectivity index (χ4v) is 1.77. The van der Waals surface area contributed by atoms with Gasteiger partial charge in [-0.2, -0.15) is 0 Å². The maximum absolute atomic E-state index is 12.0. The Morgan fingerprint density at radius 1 is 1.00 bits per heavy atom. The summed E-state index contributed by atoms with van der Waals surface area (Å²) in [4.78, 5) is 12.0. The van der Waals surface area contributed by atoms with Crippen LogP contribution < -0.4 is 5.32 Å². The van der Waals surface area contributed by atoms with E-state index in [1.54, 1.807) is 12.1 Å². The van der Waals surface area contributed by atoms with Gasteiger partial charge in [-0.25, -0.2) is 0 Å². The maximum Gasteiger partial charge on any atom is 0.255 e. The van der Waals surface area contributed by atoms with Crippen LogP contribution in [0.15, 0.2) is 48.5 Å². The van der Waals surface area contributed by atoms with E-state index in [9.17, 15) is 9.90 Å². The summed E-state index contributed by atoms with van der Waals surface area (Å²) in [6.45, 7) is 4.26. The SMILES string of the molecule is CC(C)c1ccc(NC(=O)c2ccc(O)cc2)cc1. The Morgan fingerprint density at radius 2 is 1.58 bits per heavy atom. The number of amides is 1. The van der Waals surface area contributed by atoms with E-state index < -0.39 is 0 Å². The summed E-state index contributed by atoms with van der Waals surface area (Å²) in [5, 5.41) is 12.0. The summed E-state index contributed by atoms with van der Waals surface area (Å²) in [6.07, 6.45) is 0. The molecular weight excluding hydrogens is 238 g/mol. The Labute approximate surface area is 112 Å². The second-order valence-corrected chi connectivity index (χ2v) is 4.78. The molecular formula is C16H17NO2. The lowest BCUT2D eigenvalue weighted by Crippen LogP contribution is -2.11. The van der Waals surface area contributed by atoms with Gasteiger partial charge in [0.05, 0.1) is 0 Å². The molecule has 0 radical (unpaired) electrons. The van der Waals surface area contributed by atoms with Crippen LogP contribution in [0.5, 0.6) is 5.75 Å². The molecule has 2 N–H and O–H groups in total. The normalized spacial score (nSPS) is 10.5. The fraction of sp³-hybridized carbons (Fsp3) is 0.188. The number of nitrogens with one attached hydrogen (secondary N) is 1. The van der Waals surface area contributed by atoms with E-state index in [-0.39, 0.29) is 11.7 Å². The third kappa shape index (κ3) is 3.35. The number of hydrogen-bond acceptors (Lipinski definition) is 2. The zero-order chi connectivity index (χ0) is 13.8. The summed E-state index contributed by atoms with van der Waals surface area (Å²) in [7, 11) is 0. The largest absolute Gasteiger partial charge is 0.508 e. The molecule has 0 bridgehead atoms.